The number of nitriles is 1. The average molecular weight is 398 g/mol. The van der Waals surface area contributed by atoms with Gasteiger partial charge in [-0.05, 0) is 12.8 Å². The summed E-state index contributed by atoms with van der Waals surface area (Å²) in [7, 11) is 0. The molecule has 2 aliphatic heterocycles. The van der Waals surface area contributed by atoms with Gasteiger partial charge in [0.1, 0.15) is 0 Å². The van der Waals surface area contributed by atoms with E-state index in [1.807, 2.05) is 0 Å². The van der Waals surface area contributed by atoms with Gasteiger partial charge in [0.2, 0.25) is 5.91 Å². The van der Waals surface area contributed by atoms with E-state index in [4.69, 9.17) is 0 Å². The summed E-state index contributed by atoms with van der Waals surface area (Å²) >= 11 is 1.52. The number of thioether (sulfide) groups is 1. The Morgan fingerprint density at radius 3 is 2.68 bits per heavy atom. The Labute approximate surface area is 168 Å². The molecule has 2 fully saturated rings. The van der Waals surface area contributed by atoms with E-state index in [1.54, 1.807) is 23.1 Å². The molecule has 4 rings (SSSR count). The molecule has 3 aliphatic rings. The molecule has 1 amide bonds. The topological polar surface area (TPSA) is 90.5 Å². The van der Waals surface area contributed by atoms with Crippen LogP contribution in [0.1, 0.15) is 50.0 Å². The number of para-hydroxylation sites is 1. The van der Waals surface area contributed by atoms with Gasteiger partial charge in [-0.2, -0.15) is 5.26 Å². The van der Waals surface area contributed by atoms with Crippen molar-refractivity contribution in [3.63, 3.8) is 0 Å². The number of hydrogen-bond acceptors (Lipinski definition) is 6. The molecule has 1 atom stereocenters. The first-order valence-corrected chi connectivity index (χ1v) is 10.6. The number of nitrogens with zero attached hydrogens (tertiary/aromatic N) is 4. The Balaban J connectivity index is 1.66. The predicted octanol–water partition coefficient (Wildman–Crippen LogP) is 3.94. The Hall–Kier alpha value is -2.37. The molecule has 7 nitrogen and oxygen atoms in total. The zero-order valence-electron chi connectivity index (χ0n) is 15.5. The molecule has 0 aromatic heterocycles. The highest BCUT2D eigenvalue weighted by atomic mass is 32.2. The molecule has 1 saturated heterocycles. The Bertz CT molecular complexity index is 872. The standard InChI is InChI=1S/C20H22N4O3S/c21-11-17-16(15-8-4-5-9-18(15)24(26)27)10-19(25)23-12-22(13-28-20(17)23)14-6-2-1-3-7-14/h4-5,8-9,14,16H,1-3,6-7,10,12-13H2/t16-/m0/s1. The summed E-state index contributed by atoms with van der Waals surface area (Å²) in [5, 5.41) is 22.0. The minimum Gasteiger partial charge on any atom is -0.292 e. The maximum absolute atomic E-state index is 13.0. The zero-order chi connectivity index (χ0) is 19.7. The van der Waals surface area contributed by atoms with Gasteiger partial charge in [0.25, 0.3) is 5.69 Å². The number of nitro groups is 1. The van der Waals surface area contributed by atoms with E-state index in [1.165, 1.54) is 37.1 Å². The molecular formula is C20H22N4O3S. The Morgan fingerprint density at radius 2 is 1.96 bits per heavy atom. The fourth-order valence-corrected chi connectivity index (χ4v) is 5.71. The van der Waals surface area contributed by atoms with Crippen molar-refractivity contribution in [2.24, 2.45) is 0 Å². The van der Waals surface area contributed by atoms with Crippen molar-refractivity contribution in [2.75, 3.05) is 12.5 Å². The van der Waals surface area contributed by atoms with Crippen LogP contribution in [-0.4, -0.2) is 39.2 Å². The molecule has 1 saturated carbocycles. The Kier molecular flexibility index (Phi) is 5.38. The minimum atomic E-state index is -0.556. The normalized spacial score (nSPS) is 24.0. The van der Waals surface area contributed by atoms with Crippen molar-refractivity contribution in [3.8, 4) is 6.07 Å². The summed E-state index contributed by atoms with van der Waals surface area (Å²) < 4.78 is 0. The van der Waals surface area contributed by atoms with Crippen molar-refractivity contribution < 1.29 is 9.72 Å². The fraction of sp³-hybridized carbons (Fsp3) is 0.500. The first kappa shape index (κ1) is 19.0. The number of nitro benzene ring substituents is 1. The van der Waals surface area contributed by atoms with Crippen molar-refractivity contribution >= 4 is 23.4 Å². The molecule has 0 bridgehead atoms. The highest BCUT2D eigenvalue weighted by Crippen LogP contribution is 2.45. The maximum atomic E-state index is 13.0. The van der Waals surface area contributed by atoms with Crippen LogP contribution in [0.4, 0.5) is 5.69 Å². The number of amides is 1. The van der Waals surface area contributed by atoms with Crippen LogP contribution in [0.5, 0.6) is 0 Å². The summed E-state index contributed by atoms with van der Waals surface area (Å²) in [6.45, 7) is 0.515. The van der Waals surface area contributed by atoms with Gasteiger partial charge in [-0.1, -0.05) is 49.2 Å². The molecule has 146 valence electrons. The van der Waals surface area contributed by atoms with E-state index >= 15 is 0 Å². The molecule has 0 radical (unpaired) electrons. The van der Waals surface area contributed by atoms with E-state index in [9.17, 15) is 20.2 Å². The van der Waals surface area contributed by atoms with Gasteiger partial charge < -0.3 is 0 Å². The van der Waals surface area contributed by atoms with Gasteiger partial charge in [-0.3, -0.25) is 24.7 Å². The number of rotatable bonds is 3. The van der Waals surface area contributed by atoms with Gasteiger partial charge >= 0.3 is 0 Å². The molecule has 0 spiro atoms. The van der Waals surface area contributed by atoms with Crippen LogP contribution >= 0.6 is 11.8 Å². The van der Waals surface area contributed by atoms with Crippen molar-refractivity contribution in [1.29, 1.82) is 5.26 Å². The first-order chi connectivity index (χ1) is 13.6. The SMILES string of the molecule is N#CC1=C2SCN(C3CCCCC3)CN2C(=O)C[C@H]1c1ccccc1[N+](=O)[O-]. The third-order valence-electron chi connectivity index (χ3n) is 5.91. The summed E-state index contributed by atoms with van der Waals surface area (Å²) in [5.41, 5.74) is 0.883. The largest absolute Gasteiger partial charge is 0.292 e. The lowest BCUT2D eigenvalue weighted by molar-refractivity contribution is -0.385. The highest BCUT2D eigenvalue weighted by molar-refractivity contribution is 8.03. The van der Waals surface area contributed by atoms with Gasteiger partial charge in [0, 0.05) is 30.0 Å². The predicted molar refractivity (Wildman–Crippen MR) is 106 cm³/mol. The molecule has 0 unspecified atom stereocenters. The number of allylic oxidation sites excluding steroid dienone is 1. The lowest BCUT2D eigenvalue weighted by Crippen LogP contribution is -2.51. The van der Waals surface area contributed by atoms with E-state index < -0.39 is 10.8 Å². The van der Waals surface area contributed by atoms with Gasteiger partial charge in [0.15, 0.2) is 0 Å². The number of carbonyl (C=O) groups is 1. The molecule has 1 aromatic carbocycles. The van der Waals surface area contributed by atoms with Crippen LogP contribution < -0.4 is 0 Å². The van der Waals surface area contributed by atoms with Crippen LogP contribution in [0, 0.1) is 21.4 Å². The number of carbonyl (C=O) groups excluding carboxylic acids is 1. The molecule has 2 heterocycles. The molecule has 1 aromatic rings. The second-order valence-corrected chi connectivity index (χ2v) is 8.45. The van der Waals surface area contributed by atoms with Gasteiger partial charge in [-0.15, -0.1) is 0 Å². The second kappa shape index (κ2) is 7.94. The fourth-order valence-electron chi connectivity index (χ4n) is 4.47. The summed E-state index contributed by atoms with van der Waals surface area (Å²) in [5.74, 6) is 0.128. The molecule has 1 aliphatic carbocycles. The van der Waals surface area contributed by atoms with E-state index in [2.05, 4.69) is 11.0 Å². The summed E-state index contributed by atoms with van der Waals surface area (Å²) in [6, 6.07) is 9.17. The van der Waals surface area contributed by atoms with E-state index in [0.717, 1.165) is 18.7 Å². The lowest BCUT2D eigenvalue weighted by atomic mass is 9.85. The number of hydrogen-bond donors (Lipinski definition) is 0. The van der Waals surface area contributed by atoms with Crippen molar-refractivity contribution in [1.82, 2.24) is 9.80 Å². The summed E-state index contributed by atoms with van der Waals surface area (Å²) in [6.07, 6.45) is 6.15. The zero-order valence-corrected chi connectivity index (χ0v) is 16.4. The Morgan fingerprint density at radius 1 is 1.21 bits per heavy atom. The van der Waals surface area contributed by atoms with Crippen LogP contribution in [0.15, 0.2) is 34.9 Å². The third-order valence-corrected chi connectivity index (χ3v) is 7.09. The van der Waals surface area contributed by atoms with E-state index in [-0.39, 0.29) is 18.0 Å². The molecule has 0 N–H and O–H groups in total. The minimum absolute atomic E-state index is 0.0354. The summed E-state index contributed by atoms with van der Waals surface area (Å²) in [4.78, 5) is 28.0. The molecule has 8 heteroatoms. The van der Waals surface area contributed by atoms with Crippen molar-refractivity contribution in [2.45, 2.75) is 50.5 Å². The number of fused-ring (bicyclic) bond motifs is 1. The number of benzene rings is 1. The quantitative estimate of drug-likeness (QED) is 0.566. The van der Waals surface area contributed by atoms with Crippen LogP contribution in [0.25, 0.3) is 0 Å². The highest BCUT2D eigenvalue weighted by Gasteiger charge is 2.41. The average Bonchev–Trinajstić information content (AvgIpc) is 2.74. The maximum Gasteiger partial charge on any atom is 0.273 e. The van der Waals surface area contributed by atoms with Crippen LogP contribution in [-0.2, 0) is 4.79 Å². The third kappa shape index (κ3) is 3.40. The van der Waals surface area contributed by atoms with Crippen LogP contribution in [0.3, 0.4) is 0 Å². The molecule has 28 heavy (non-hydrogen) atoms. The molecular weight excluding hydrogens is 376 g/mol. The monoisotopic (exact) mass is 398 g/mol. The van der Waals surface area contributed by atoms with Gasteiger partial charge in [0.05, 0.1) is 34.1 Å². The first-order valence-electron chi connectivity index (χ1n) is 9.65. The van der Waals surface area contributed by atoms with E-state index in [0.29, 0.717) is 28.9 Å². The van der Waals surface area contributed by atoms with Crippen molar-refractivity contribution in [3.05, 3.63) is 50.5 Å². The smallest absolute Gasteiger partial charge is 0.273 e. The second-order valence-electron chi connectivity index (χ2n) is 7.52. The van der Waals surface area contributed by atoms with Gasteiger partial charge in [-0.25, -0.2) is 0 Å². The lowest BCUT2D eigenvalue weighted by Gasteiger charge is -2.44. The van der Waals surface area contributed by atoms with Crippen LogP contribution in [0.2, 0.25) is 0 Å².